The number of piperidine rings is 1. The zero-order chi connectivity index (χ0) is 20.5. The van der Waals surface area contributed by atoms with E-state index in [0.717, 1.165) is 65.7 Å². The molecule has 0 unspecified atom stereocenters. The molecule has 3 aromatic carbocycles. The number of hydrogen-bond acceptors (Lipinski definition) is 3. The zero-order valence-corrected chi connectivity index (χ0v) is 16.6. The Morgan fingerprint density at radius 1 is 0.967 bits per heavy atom. The number of nitrogens with one attached hydrogen (secondary N) is 1. The predicted molar refractivity (Wildman–Crippen MR) is 117 cm³/mol. The number of halogens is 1. The molecular formula is C25H23FN2O2. The van der Waals surface area contributed by atoms with E-state index in [-0.39, 0.29) is 17.6 Å². The van der Waals surface area contributed by atoms with Crippen molar-refractivity contribution >= 4 is 33.5 Å². The second-order valence-corrected chi connectivity index (χ2v) is 7.98. The van der Waals surface area contributed by atoms with E-state index in [1.165, 1.54) is 12.1 Å². The third kappa shape index (κ3) is 3.81. The van der Waals surface area contributed by atoms with Crippen LogP contribution in [0.15, 0.2) is 71.1 Å². The first-order valence-electron chi connectivity index (χ1n) is 10.3. The van der Waals surface area contributed by atoms with Gasteiger partial charge in [0.15, 0.2) is 0 Å². The molecule has 1 N–H and O–H groups in total. The van der Waals surface area contributed by atoms with Gasteiger partial charge in [-0.2, -0.15) is 0 Å². The van der Waals surface area contributed by atoms with Crippen molar-refractivity contribution in [1.29, 1.82) is 0 Å². The number of amides is 1. The predicted octanol–water partition coefficient (Wildman–Crippen LogP) is 5.58. The molecule has 1 saturated heterocycles. The third-order valence-electron chi connectivity index (χ3n) is 5.92. The Morgan fingerprint density at radius 3 is 2.50 bits per heavy atom. The van der Waals surface area contributed by atoms with Gasteiger partial charge in [-0.3, -0.25) is 9.69 Å². The highest BCUT2D eigenvalue weighted by Crippen LogP contribution is 2.30. The number of furan rings is 1. The van der Waals surface area contributed by atoms with Crippen molar-refractivity contribution in [3.8, 4) is 0 Å². The van der Waals surface area contributed by atoms with Gasteiger partial charge in [0.1, 0.15) is 17.0 Å². The molecule has 30 heavy (non-hydrogen) atoms. The second-order valence-electron chi connectivity index (χ2n) is 7.98. The van der Waals surface area contributed by atoms with Gasteiger partial charge in [-0.05, 0) is 61.8 Å². The topological polar surface area (TPSA) is 45.5 Å². The summed E-state index contributed by atoms with van der Waals surface area (Å²) in [6.07, 6.45) is 1.64. The first-order valence-corrected chi connectivity index (χ1v) is 10.3. The molecule has 1 fully saturated rings. The van der Waals surface area contributed by atoms with E-state index in [0.29, 0.717) is 0 Å². The Morgan fingerprint density at radius 2 is 1.70 bits per heavy atom. The first kappa shape index (κ1) is 18.8. The molecule has 1 amide bonds. The van der Waals surface area contributed by atoms with Gasteiger partial charge < -0.3 is 9.73 Å². The molecule has 5 heteroatoms. The Bertz CT molecular complexity index is 1190. The summed E-state index contributed by atoms with van der Waals surface area (Å²) < 4.78 is 19.0. The molecule has 0 bridgehead atoms. The van der Waals surface area contributed by atoms with E-state index in [2.05, 4.69) is 10.2 Å². The second kappa shape index (κ2) is 7.92. The lowest BCUT2D eigenvalue weighted by Crippen LogP contribution is -2.37. The van der Waals surface area contributed by atoms with Crippen LogP contribution >= 0.6 is 0 Å². The van der Waals surface area contributed by atoms with Gasteiger partial charge in [0.05, 0.1) is 0 Å². The van der Waals surface area contributed by atoms with Crippen LogP contribution in [0.25, 0.3) is 21.9 Å². The van der Waals surface area contributed by atoms with Crippen molar-refractivity contribution in [3.05, 3.63) is 78.1 Å². The van der Waals surface area contributed by atoms with Crippen molar-refractivity contribution < 1.29 is 13.6 Å². The van der Waals surface area contributed by atoms with E-state index < -0.39 is 0 Å². The number of fused-ring (bicyclic) bond motifs is 3. The largest absolute Gasteiger partial charge is 0.456 e. The molecule has 2 heterocycles. The molecule has 1 aromatic heterocycles. The maximum atomic E-state index is 13.1. The molecular weight excluding hydrogens is 379 g/mol. The summed E-state index contributed by atoms with van der Waals surface area (Å²) in [5.41, 5.74) is 3.49. The van der Waals surface area contributed by atoms with Crippen LogP contribution in [0, 0.1) is 11.7 Å². The zero-order valence-electron chi connectivity index (χ0n) is 16.6. The molecule has 5 rings (SSSR count). The summed E-state index contributed by atoms with van der Waals surface area (Å²) in [4.78, 5) is 15.1. The number of anilines is 1. The lowest BCUT2D eigenvalue weighted by molar-refractivity contribution is -0.121. The highest BCUT2D eigenvalue weighted by molar-refractivity contribution is 6.06. The van der Waals surface area contributed by atoms with Crippen LogP contribution in [0.4, 0.5) is 10.1 Å². The van der Waals surface area contributed by atoms with E-state index in [9.17, 15) is 9.18 Å². The fraction of sp³-hybridized carbons (Fsp3) is 0.240. The number of hydrogen-bond donors (Lipinski definition) is 1. The summed E-state index contributed by atoms with van der Waals surface area (Å²) in [6.45, 7) is 2.51. The van der Waals surface area contributed by atoms with Gasteiger partial charge >= 0.3 is 0 Å². The fourth-order valence-electron chi connectivity index (χ4n) is 4.25. The molecule has 1 aliphatic heterocycles. The van der Waals surface area contributed by atoms with Crippen molar-refractivity contribution in [3.63, 3.8) is 0 Å². The van der Waals surface area contributed by atoms with Crippen molar-refractivity contribution in [1.82, 2.24) is 4.90 Å². The lowest BCUT2D eigenvalue weighted by atomic mass is 9.95. The molecule has 0 aliphatic carbocycles. The Labute approximate surface area is 174 Å². The van der Waals surface area contributed by atoms with Gasteiger partial charge in [0, 0.05) is 35.0 Å². The molecule has 0 spiro atoms. The minimum absolute atomic E-state index is 0.000776. The summed E-state index contributed by atoms with van der Waals surface area (Å²) >= 11 is 0. The van der Waals surface area contributed by atoms with Crippen LogP contribution in [0.5, 0.6) is 0 Å². The average Bonchev–Trinajstić information content (AvgIpc) is 3.13. The number of likely N-dealkylation sites (tertiary alicyclic amines) is 1. The number of carbonyl (C=O) groups excluding carboxylic acids is 1. The Kier molecular flexibility index (Phi) is 4.97. The minimum Gasteiger partial charge on any atom is -0.456 e. The number of nitrogens with zero attached hydrogens (tertiary/aromatic N) is 1. The smallest absolute Gasteiger partial charge is 0.227 e. The molecule has 0 saturated carbocycles. The Hall–Kier alpha value is -3.18. The number of carbonyl (C=O) groups is 1. The standard InChI is InChI=1S/C25H23FN2O2/c26-19-7-5-17(6-8-19)16-28-13-11-18(12-14-28)25(29)27-20-9-10-22-21-3-1-2-4-23(21)30-24(22)15-20/h1-10,15,18H,11-14,16H2,(H,27,29). The van der Waals surface area contributed by atoms with Crippen molar-refractivity contribution in [2.45, 2.75) is 19.4 Å². The number of para-hydroxylation sites is 1. The highest BCUT2D eigenvalue weighted by Gasteiger charge is 2.25. The summed E-state index contributed by atoms with van der Waals surface area (Å²) in [5, 5.41) is 5.20. The van der Waals surface area contributed by atoms with Gasteiger partial charge in [0.2, 0.25) is 5.91 Å². The molecule has 0 atom stereocenters. The van der Waals surface area contributed by atoms with Crippen molar-refractivity contribution in [2.24, 2.45) is 5.92 Å². The summed E-state index contributed by atoms with van der Waals surface area (Å²) in [7, 11) is 0. The molecule has 152 valence electrons. The maximum absolute atomic E-state index is 13.1. The fourth-order valence-corrected chi connectivity index (χ4v) is 4.25. The number of rotatable bonds is 4. The SMILES string of the molecule is O=C(Nc1ccc2c(c1)oc1ccccc12)C1CCN(Cc2ccc(F)cc2)CC1. The summed E-state index contributed by atoms with van der Waals surface area (Å²) in [6, 6.07) is 20.4. The summed E-state index contributed by atoms with van der Waals surface area (Å²) in [5.74, 6) is -0.150. The van der Waals surface area contributed by atoms with Gasteiger partial charge in [-0.25, -0.2) is 4.39 Å². The van der Waals surface area contributed by atoms with Crippen molar-refractivity contribution in [2.75, 3.05) is 18.4 Å². The van der Waals surface area contributed by atoms with Gasteiger partial charge in [-0.15, -0.1) is 0 Å². The number of benzene rings is 3. The van der Waals surface area contributed by atoms with E-state index in [1.807, 2.05) is 54.6 Å². The normalized spacial score (nSPS) is 15.6. The minimum atomic E-state index is -0.213. The lowest BCUT2D eigenvalue weighted by Gasteiger charge is -2.31. The average molecular weight is 402 g/mol. The van der Waals surface area contributed by atoms with Gasteiger partial charge in [-0.1, -0.05) is 30.3 Å². The Balaban J connectivity index is 1.21. The van der Waals surface area contributed by atoms with E-state index >= 15 is 0 Å². The van der Waals surface area contributed by atoms with Crippen LogP contribution in [0.1, 0.15) is 18.4 Å². The molecule has 4 nitrogen and oxygen atoms in total. The monoisotopic (exact) mass is 402 g/mol. The molecule has 0 radical (unpaired) electrons. The first-order chi connectivity index (χ1) is 14.7. The van der Waals surface area contributed by atoms with Crippen LogP contribution in [-0.4, -0.2) is 23.9 Å². The highest BCUT2D eigenvalue weighted by atomic mass is 19.1. The van der Waals surface area contributed by atoms with Crippen LogP contribution in [0.3, 0.4) is 0 Å². The quantitative estimate of drug-likeness (QED) is 0.485. The van der Waals surface area contributed by atoms with E-state index in [4.69, 9.17) is 4.42 Å². The van der Waals surface area contributed by atoms with Crippen LogP contribution in [-0.2, 0) is 11.3 Å². The van der Waals surface area contributed by atoms with Crippen LogP contribution < -0.4 is 5.32 Å². The van der Waals surface area contributed by atoms with Crippen LogP contribution in [0.2, 0.25) is 0 Å². The van der Waals surface area contributed by atoms with E-state index in [1.54, 1.807) is 0 Å². The molecule has 4 aromatic rings. The van der Waals surface area contributed by atoms with Gasteiger partial charge in [0.25, 0.3) is 0 Å². The molecule has 1 aliphatic rings. The third-order valence-corrected chi connectivity index (χ3v) is 5.92. The maximum Gasteiger partial charge on any atom is 0.227 e.